The van der Waals surface area contributed by atoms with Gasteiger partial charge in [-0.3, -0.25) is 19.2 Å². The first kappa shape index (κ1) is 30.6. The third kappa shape index (κ3) is 7.18. The highest BCUT2D eigenvalue weighted by Gasteiger charge is 2.80. The average Bonchev–Trinajstić information content (AvgIpc) is 3.59. The number of pyridine rings is 1. The summed E-state index contributed by atoms with van der Waals surface area (Å²) >= 11 is 5.89. The molecule has 14 heteroatoms. The molecule has 1 aromatic rings. The standard InChI is InChI=1S/C19H20ClF3N4O4.C6H13NO/c20-9-3-11(14(29)25-5-12(28)15(30)26-10-1-2-10)13(24-4-9)27-16(31)17-6-18(7-17,8-17)19(21,22)23;1-4-6(8)7-5(2)3/h3-4,10,12,28H,1-2,5-8H2,(H,25,29)(H,26,30)(H,24,27,31);5H,4H2,1-3H3,(H,7,8). The molecule has 1 heterocycles. The van der Waals surface area contributed by atoms with E-state index in [9.17, 15) is 37.5 Å². The Balaban J connectivity index is 0.000000459. The number of nitrogens with zero attached hydrogens (tertiary/aromatic N) is 1. The zero-order valence-electron chi connectivity index (χ0n) is 21.9. The first-order valence-corrected chi connectivity index (χ1v) is 13.1. The number of aliphatic hydroxyl groups excluding tert-OH is 1. The summed E-state index contributed by atoms with van der Waals surface area (Å²) in [5, 5.41) is 20.1. The number of alkyl halides is 3. The molecule has 2 bridgehead atoms. The van der Waals surface area contributed by atoms with E-state index in [1.165, 1.54) is 12.3 Å². The van der Waals surface area contributed by atoms with Gasteiger partial charge in [-0.05, 0) is 52.0 Å². The maximum absolute atomic E-state index is 13.0. The zero-order chi connectivity index (χ0) is 29.2. The third-order valence-electron chi connectivity index (χ3n) is 6.90. The lowest BCUT2D eigenvalue weighted by molar-refractivity contribution is -0.349. The molecular weight excluding hydrogens is 543 g/mol. The van der Waals surface area contributed by atoms with Crippen molar-refractivity contribution in [3.05, 3.63) is 22.8 Å². The number of carbonyl (C=O) groups is 4. The number of hydrogen-bond donors (Lipinski definition) is 5. The fourth-order valence-electron chi connectivity index (χ4n) is 4.61. The highest BCUT2D eigenvalue weighted by Crippen LogP contribution is 2.78. The first-order valence-electron chi connectivity index (χ1n) is 12.7. The van der Waals surface area contributed by atoms with Crippen molar-refractivity contribution in [3.63, 3.8) is 0 Å². The fourth-order valence-corrected chi connectivity index (χ4v) is 4.77. The van der Waals surface area contributed by atoms with E-state index >= 15 is 0 Å². The molecule has 4 aliphatic rings. The molecule has 0 aromatic carbocycles. The van der Waals surface area contributed by atoms with E-state index in [0.29, 0.717) is 6.42 Å². The molecule has 5 rings (SSSR count). The van der Waals surface area contributed by atoms with Crippen molar-refractivity contribution in [1.29, 1.82) is 0 Å². The van der Waals surface area contributed by atoms with Crippen molar-refractivity contribution in [1.82, 2.24) is 20.9 Å². The first-order chi connectivity index (χ1) is 18.1. The second-order valence-corrected chi connectivity index (χ2v) is 11.1. The predicted molar refractivity (Wildman–Crippen MR) is 136 cm³/mol. The molecule has 39 heavy (non-hydrogen) atoms. The van der Waals surface area contributed by atoms with Gasteiger partial charge in [0.25, 0.3) is 11.8 Å². The van der Waals surface area contributed by atoms with Gasteiger partial charge in [-0.2, -0.15) is 13.2 Å². The van der Waals surface area contributed by atoms with Crippen LogP contribution in [0.25, 0.3) is 0 Å². The van der Waals surface area contributed by atoms with Crippen molar-refractivity contribution < 1.29 is 37.5 Å². The van der Waals surface area contributed by atoms with Gasteiger partial charge in [-0.1, -0.05) is 18.5 Å². The van der Waals surface area contributed by atoms with Gasteiger partial charge in [-0.15, -0.1) is 0 Å². The van der Waals surface area contributed by atoms with Gasteiger partial charge in [0.15, 0.2) is 0 Å². The molecule has 0 spiro atoms. The summed E-state index contributed by atoms with van der Waals surface area (Å²) in [6.07, 6.45) is -3.21. The van der Waals surface area contributed by atoms with Crippen LogP contribution in [0.3, 0.4) is 0 Å². The summed E-state index contributed by atoms with van der Waals surface area (Å²) in [5.74, 6) is -2.03. The molecule has 5 N–H and O–H groups in total. The number of aromatic nitrogens is 1. The van der Waals surface area contributed by atoms with Gasteiger partial charge < -0.3 is 26.4 Å². The third-order valence-corrected chi connectivity index (χ3v) is 7.10. The number of anilines is 1. The largest absolute Gasteiger partial charge is 0.394 e. The Kier molecular flexibility index (Phi) is 9.16. The minimum atomic E-state index is -4.34. The van der Waals surface area contributed by atoms with Crippen LogP contribution >= 0.6 is 11.6 Å². The Morgan fingerprint density at radius 2 is 1.79 bits per heavy atom. The van der Waals surface area contributed by atoms with Gasteiger partial charge in [-0.25, -0.2) is 4.98 Å². The molecule has 216 valence electrons. The number of hydrogen-bond acceptors (Lipinski definition) is 6. The minimum absolute atomic E-state index is 0.0465. The number of amides is 4. The minimum Gasteiger partial charge on any atom is -0.381 e. The molecule has 10 nitrogen and oxygen atoms in total. The van der Waals surface area contributed by atoms with Gasteiger partial charge in [0.2, 0.25) is 11.8 Å². The number of rotatable bonds is 9. The lowest BCUT2D eigenvalue weighted by Gasteiger charge is -2.68. The Morgan fingerprint density at radius 3 is 2.28 bits per heavy atom. The summed E-state index contributed by atoms with van der Waals surface area (Å²) in [6, 6.07) is 1.56. The van der Waals surface area contributed by atoms with Crippen molar-refractivity contribution in [3.8, 4) is 0 Å². The maximum atomic E-state index is 13.0. The highest BCUT2D eigenvalue weighted by molar-refractivity contribution is 6.31. The zero-order valence-corrected chi connectivity index (χ0v) is 22.6. The van der Waals surface area contributed by atoms with Gasteiger partial charge in [0.1, 0.15) is 11.9 Å². The molecule has 1 aromatic heterocycles. The molecule has 0 aliphatic heterocycles. The van der Waals surface area contributed by atoms with Crippen LogP contribution in [-0.2, 0) is 14.4 Å². The summed E-state index contributed by atoms with van der Waals surface area (Å²) in [6.45, 7) is 5.37. The Morgan fingerprint density at radius 1 is 1.18 bits per heavy atom. The highest BCUT2D eigenvalue weighted by atomic mass is 35.5. The van der Waals surface area contributed by atoms with E-state index in [1.807, 2.05) is 20.8 Å². The van der Waals surface area contributed by atoms with Crippen LogP contribution in [0.1, 0.15) is 69.7 Å². The van der Waals surface area contributed by atoms with Crippen molar-refractivity contribution in [2.45, 2.75) is 83.7 Å². The SMILES string of the molecule is CCC(=O)NC(C)C.O=C(NCC(O)C(=O)NC1CC1)c1cc(Cl)cnc1NC(=O)C12CC(C(F)(F)F)(C1)C2. The van der Waals surface area contributed by atoms with Crippen LogP contribution in [0.15, 0.2) is 12.3 Å². The smallest absolute Gasteiger partial charge is 0.381 e. The van der Waals surface area contributed by atoms with Crippen LogP contribution in [-0.4, -0.2) is 64.6 Å². The number of aliphatic hydroxyl groups is 1. The van der Waals surface area contributed by atoms with Crippen LogP contribution in [0, 0.1) is 10.8 Å². The van der Waals surface area contributed by atoms with Crippen LogP contribution in [0.5, 0.6) is 0 Å². The lowest BCUT2D eigenvalue weighted by Crippen LogP contribution is -2.71. The van der Waals surface area contributed by atoms with Gasteiger partial charge >= 0.3 is 6.18 Å². The van der Waals surface area contributed by atoms with E-state index in [2.05, 4.69) is 26.3 Å². The maximum Gasteiger partial charge on any atom is 0.394 e. The summed E-state index contributed by atoms with van der Waals surface area (Å²) < 4.78 is 39.1. The molecular formula is C25H33ClF3N5O5. The second kappa shape index (κ2) is 11.7. The van der Waals surface area contributed by atoms with Crippen molar-refractivity contribution in [2.75, 3.05) is 11.9 Å². The van der Waals surface area contributed by atoms with Crippen LogP contribution in [0.2, 0.25) is 5.02 Å². The molecule has 0 saturated heterocycles. The van der Waals surface area contributed by atoms with E-state index in [1.54, 1.807) is 0 Å². The molecule has 1 atom stereocenters. The summed E-state index contributed by atoms with van der Waals surface area (Å²) in [4.78, 5) is 51.3. The monoisotopic (exact) mass is 575 g/mol. The van der Waals surface area contributed by atoms with Crippen molar-refractivity contribution in [2.24, 2.45) is 10.8 Å². The van der Waals surface area contributed by atoms with Crippen molar-refractivity contribution >= 4 is 41.0 Å². The normalized spacial score (nSPS) is 23.7. The topological polar surface area (TPSA) is 150 Å². The quantitative estimate of drug-likeness (QED) is 0.306. The lowest BCUT2D eigenvalue weighted by atomic mass is 9.34. The molecule has 4 aliphatic carbocycles. The summed E-state index contributed by atoms with van der Waals surface area (Å²) in [7, 11) is 0. The molecule has 1 unspecified atom stereocenters. The van der Waals surface area contributed by atoms with E-state index in [-0.39, 0.29) is 60.2 Å². The molecule has 4 fully saturated rings. The van der Waals surface area contributed by atoms with E-state index < -0.39 is 40.8 Å². The predicted octanol–water partition coefficient (Wildman–Crippen LogP) is 2.70. The number of halogens is 4. The Labute approximate surface area is 228 Å². The van der Waals surface area contributed by atoms with Crippen LogP contribution < -0.4 is 21.3 Å². The van der Waals surface area contributed by atoms with E-state index in [4.69, 9.17) is 11.6 Å². The molecule has 4 amide bonds. The number of carbonyl (C=O) groups excluding carboxylic acids is 4. The van der Waals surface area contributed by atoms with E-state index in [0.717, 1.165) is 12.8 Å². The average molecular weight is 576 g/mol. The Bertz CT molecular complexity index is 1110. The van der Waals surface area contributed by atoms with Gasteiger partial charge in [0, 0.05) is 24.7 Å². The van der Waals surface area contributed by atoms with Gasteiger partial charge in [0.05, 0.1) is 28.0 Å². The van der Waals surface area contributed by atoms with Crippen LogP contribution in [0.4, 0.5) is 19.0 Å². The summed E-state index contributed by atoms with van der Waals surface area (Å²) in [5.41, 5.74) is -3.02. The molecule has 0 radical (unpaired) electrons. The molecule has 4 saturated carbocycles. The second-order valence-electron chi connectivity index (χ2n) is 10.7. The fraction of sp³-hybridized carbons (Fsp3) is 0.640. The Hall–Kier alpha value is -2.93. The number of nitrogens with one attached hydrogen (secondary N) is 4.